The molecule has 0 heterocycles. The molecule has 5 amide bonds. The number of carbonyl (C=O) groups is 12. The van der Waals surface area contributed by atoms with Crippen molar-refractivity contribution in [3.63, 3.8) is 0 Å². The maximum absolute atomic E-state index is 10.9. The quantitative estimate of drug-likeness (QED) is 0.0462. The molecule has 1 rings (SSSR count). The Balaban J connectivity index is -0.000000149. The van der Waals surface area contributed by atoms with Crippen molar-refractivity contribution in [1.29, 1.82) is 0 Å². The molecule has 1 aliphatic rings. The van der Waals surface area contributed by atoms with E-state index in [1.165, 1.54) is 66.2 Å². The van der Waals surface area contributed by atoms with Gasteiger partial charge in [-0.05, 0) is 38.8 Å². The number of hydrogen-bond donors (Lipinski definition) is 12. The number of thioether (sulfide) groups is 2. The van der Waals surface area contributed by atoms with E-state index in [9.17, 15) is 57.5 Å². The molecule has 0 aromatic rings. The minimum atomic E-state index is -1.13. The fraction of sp³-hybridized carbons (Fsp3) is 0.529. The minimum absolute atomic E-state index is 0. The topological polar surface area (TPSA) is 422 Å². The smallest absolute Gasteiger partial charge is 0.328 e. The highest BCUT2D eigenvalue weighted by atomic mass is 32.2. The largest absolute Gasteiger partial charge is 0.481 e. The highest BCUT2D eigenvalue weighted by molar-refractivity contribution is 8.00. The van der Waals surface area contributed by atoms with Crippen molar-refractivity contribution in [2.24, 2.45) is 0 Å². The summed E-state index contributed by atoms with van der Waals surface area (Å²) in [5.74, 6) is -6.68. The number of carboxylic acids is 5. The fourth-order valence-corrected chi connectivity index (χ4v) is 4.29. The van der Waals surface area contributed by atoms with Crippen molar-refractivity contribution in [2.45, 2.75) is 54.7 Å². The number of ketones is 2. The van der Waals surface area contributed by atoms with Crippen LogP contribution in [0.15, 0.2) is 24.3 Å². The predicted molar refractivity (Wildman–Crippen MR) is 224 cm³/mol. The first kappa shape index (κ1) is 66.9. The van der Waals surface area contributed by atoms with Crippen LogP contribution in [0.25, 0.3) is 0 Å². The van der Waals surface area contributed by atoms with Gasteiger partial charge in [0.1, 0.15) is 11.3 Å². The molecule has 25 nitrogen and oxygen atoms in total. The Morgan fingerprint density at radius 2 is 0.984 bits per heavy atom. The van der Waals surface area contributed by atoms with Crippen LogP contribution in [0.3, 0.4) is 0 Å². The van der Waals surface area contributed by atoms with E-state index < -0.39 is 58.3 Å². The van der Waals surface area contributed by atoms with Gasteiger partial charge in [-0.15, -0.1) is 11.8 Å². The number of amides is 5. The Hall–Kier alpha value is -5.90. The molecule has 0 aromatic carbocycles. The summed E-state index contributed by atoms with van der Waals surface area (Å²) < 4.78 is 0. The third-order valence-corrected chi connectivity index (χ3v) is 8.31. The summed E-state index contributed by atoms with van der Waals surface area (Å²) >= 11 is 2.40. The molecule has 0 bridgehead atoms. The second-order valence-electron chi connectivity index (χ2n) is 10.7. The lowest BCUT2D eigenvalue weighted by molar-refractivity contribution is -0.141. The average Bonchev–Trinajstić information content (AvgIpc) is 3.60. The molecule has 0 radical (unpaired) electrons. The average molecular weight is 918 g/mol. The molecule has 0 spiro atoms. The Kier molecular flexibility index (Phi) is 46.3. The summed E-state index contributed by atoms with van der Waals surface area (Å²) in [6.45, 7) is 0. The van der Waals surface area contributed by atoms with E-state index in [0.29, 0.717) is 0 Å². The van der Waals surface area contributed by atoms with Crippen LogP contribution in [0.4, 0.5) is 0 Å². The molecular weight excluding hydrogens is 859 g/mol. The summed E-state index contributed by atoms with van der Waals surface area (Å²) in [5, 5.41) is 57.4. The minimum Gasteiger partial charge on any atom is -0.481 e. The van der Waals surface area contributed by atoms with Crippen molar-refractivity contribution < 1.29 is 88.5 Å². The predicted octanol–water partition coefficient (Wildman–Crippen LogP) is -3.90. The first-order valence-corrected chi connectivity index (χ1v) is 19.5. The number of carbonyl (C=O) groups excluding carboxylic acids is 7. The highest BCUT2D eigenvalue weighted by Gasteiger charge is 2.20. The second kappa shape index (κ2) is 42.2. The number of aliphatic carboxylic acids is 5. The Morgan fingerprint density at radius 3 is 1.25 bits per heavy atom. The van der Waals surface area contributed by atoms with E-state index in [4.69, 9.17) is 25.5 Å². The van der Waals surface area contributed by atoms with Crippen LogP contribution >= 0.6 is 23.5 Å². The van der Waals surface area contributed by atoms with Gasteiger partial charge in [-0.25, -0.2) is 4.79 Å². The molecule has 350 valence electrons. The van der Waals surface area contributed by atoms with Crippen LogP contribution in [0, 0.1) is 0 Å². The van der Waals surface area contributed by atoms with Gasteiger partial charge in [-0.1, -0.05) is 0 Å². The maximum atomic E-state index is 10.9. The number of rotatable bonds is 18. The zero-order chi connectivity index (χ0) is 48.0. The van der Waals surface area contributed by atoms with Gasteiger partial charge in [-0.3, -0.25) is 52.7 Å². The highest BCUT2D eigenvalue weighted by Crippen LogP contribution is 2.11. The van der Waals surface area contributed by atoms with Crippen LogP contribution in [-0.2, 0) is 57.5 Å². The van der Waals surface area contributed by atoms with Gasteiger partial charge in [-0.2, -0.15) is 11.8 Å². The zero-order valence-electron chi connectivity index (χ0n) is 35.1. The number of nitrogens with one attached hydrogen (secondary N) is 7. The van der Waals surface area contributed by atoms with E-state index in [2.05, 4.69) is 37.2 Å². The lowest BCUT2D eigenvalue weighted by atomic mass is 10.2. The SMILES string of the molecule is CNC(=O)/C=C\C(=O)O.CNC(=O)C(CC(=O)O)NC.CNC(=O)C(CC(=O)O)SC.CNC(=O)CC(NC)C(=O)O.CNC(=O)CC(SC)C(=O)O.O.O=C1C=CC(=O)C1. The van der Waals surface area contributed by atoms with Crippen LogP contribution in [0.2, 0.25) is 0 Å². The first-order valence-electron chi connectivity index (χ1n) is 16.9. The number of carboxylic acid groups (broad SMARTS) is 5. The van der Waals surface area contributed by atoms with Crippen molar-refractivity contribution in [3.8, 4) is 0 Å². The molecule has 27 heteroatoms. The van der Waals surface area contributed by atoms with Gasteiger partial charge in [0.05, 0.1) is 37.0 Å². The van der Waals surface area contributed by atoms with E-state index in [-0.39, 0.29) is 72.8 Å². The number of allylic oxidation sites excluding steroid dienone is 2. The number of hydrogen-bond acceptors (Lipinski definition) is 16. The second-order valence-corrected chi connectivity index (χ2v) is 12.8. The van der Waals surface area contributed by atoms with E-state index in [0.717, 1.165) is 23.9 Å². The Bertz CT molecular complexity index is 1410. The van der Waals surface area contributed by atoms with Gasteiger partial charge >= 0.3 is 29.8 Å². The van der Waals surface area contributed by atoms with Crippen molar-refractivity contribution in [1.82, 2.24) is 37.2 Å². The molecule has 4 atom stereocenters. The van der Waals surface area contributed by atoms with Crippen molar-refractivity contribution in [3.05, 3.63) is 24.3 Å². The molecule has 4 unspecified atom stereocenters. The van der Waals surface area contributed by atoms with Gasteiger partial charge in [0.2, 0.25) is 29.5 Å². The lowest BCUT2D eigenvalue weighted by Crippen LogP contribution is -2.42. The third kappa shape index (κ3) is 43.5. The summed E-state index contributed by atoms with van der Waals surface area (Å²) in [4.78, 5) is 124. The molecule has 0 aliphatic heterocycles. The van der Waals surface area contributed by atoms with Gasteiger partial charge < -0.3 is 68.2 Å². The van der Waals surface area contributed by atoms with Crippen LogP contribution in [-0.4, -0.2) is 186 Å². The van der Waals surface area contributed by atoms with E-state index in [1.807, 2.05) is 0 Å². The lowest BCUT2D eigenvalue weighted by Gasteiger charge is -2.10. The molecule has 61 heavy (non-hydrogen) atoms. The summed E-state index contributed by atoms with van der Waals surface area (Å²) in [7, 11) is 10.4. The van der Waals surface area contributed by atoms with Crippen molar-refractivity contribution >= 4 is 94.5 Å². The van der Waals surface area contributed by atoms with Crippen LogP contribution in [0.5, 0.6) is 0 Å². The summed E-state index contributed by atoms with van der Waals surface area (Å²) in [5.41, 5.74) is 0. The zero-order valence-corrected chi connectivity index (χ0v) is 36.7. The first-order chi connectivity index (χ1) is 27.9. The molecule has 0 saturated heterocycles. The van der Waals surface area contributed by atoms with Crippen LogP contribution < -0.4 is 37.2 Å². The summed E-state index contributed by atoms with van der Waals surface area (Å²) in [6.07, 6.45) is 7.47. The third-order valence-electron chi connectivity index (χ3n) is 6.43. The summed E-state index contributed by atoms with van der Waals surface area (Å²) in [6, 6.07) is -1.44. The maximum Gasteiger partial charge on any atom is 0.328 e. The van der Waals surface area contributed by atoms with Gasteiger partial charge in [0.25, 0.3) is 0 Å². The van der Waals surface area contributed by atoms with E-state index in [1.54, 1.807) is 19.6 Å². The van der Waals surface area contributed by atoms with Crippen LogP contribution in [0.1, 0.15) is 32.1 Å². The molecule has 0 fully saturated rings. The Morgan fingerprint density at radius 1 is 0.557 bits per heavy atom. The number of likely N-dealkylation sites (N-methyl/N-ethyl adjacent to an activating group) is 4. The molecular formula is C34H59N7O18S2. The molecule has 0 saturated carbocycles. The normalized spacial score (nSPS) is 12.3. The van der Waals surface area contributed by atoms with Gasteiger partial charge in [0.15, 0.2) is 11.6 Å². The fourth-order valence-electron chi connectivity index (χ4n) is 3.13. The molecule has 0 aromatic heterocycles. The molecule has 14 N–H and O–H groups in total. The van der Waals surface area contributed by atoms with Gasteiger partial charge in [0, 0.05) is 53.8 Å². The Labute approximate surface area is 360 Å². The monoisotopic (exact) mass is 917 g/mol. The van der Waals surface area contributed by atoms with Crippen molar-refractivity contribution in [2.75, 3.05) is 61.8 Å². The molecule has 1 aliphatic carbocycles. The van der Waals surface area contributed by atoms with E-state index >= 15 is 0 Å². The standard InChI is InChI=1S/2C6H12N2O3.2C6H11NO3S.C5H7NO3.C5H4O2.H2O/c1-7-4(3-5(9)10)6(11)8-2;1-7-4(6(10)11)3-5(9)8-2;1-7-6(10)4(11-2)3-5(8)9;1-7-5(8)3-4(11-2)6(9)10;1-6-4(7)2-3-5(8)9;6-4-1-2-5(7)3-4;/h4,7H,3H2,1-2H3,(H,8,11)(H,9,10);4,7H,3H2,1-2H3,(H,8,9)(H,10,11);4H,3H2,1-2H3,(H,7,10)(H,8,9);4H,3H2,1-2H3,(H,7,8)(H,9,10);2-3H,1H3,(H,6,7)(H,8,9);1-2H,3H2;1H2/b;;;;3-2-;;.